The number of ether oxygens (including phenoxy) is 1. The molecule has 1 amide bonds. The minimum Gasteiger partial charge on any atom is -0.484 e. The zero-order chi connectivity index (χ0) is 18.1. The monoisotopic (exact) mass is 468 g/mol. The molecule has 0 saturated heterocycles. The molecule has 2 aromatic carbocycles. The number of nitrogens with one attached hydrogen (secondary N) is 2. The number of hydrogen-bond donors (Lipinski definition) is 3. The molecule has 1 atom stereocenters. The molecule has 0 aliphatic heterocycles. The molecule has 0 aliphatic rings. The van der Waals surface area contributed by atoms with Crippen molar-refractivity contribution in [3.63, 3.8) is 0 Å². The standard InChI is InChI=1S/C19H24N4O2.HI/c1-14(16-8-4-3-5-9-16)23-19(21-2)22-12-15-7-6-10-17(11-15)25-13-18(20)24;/h3-11,14H,12-13H2,1-2H3,(H2,20,24)(H2,21,22,23);1H. The lowest BCUT2D eigenvalue weighted by molar-refractivity contribution is -0.119. The van der Waals surface area contributed by atoms with Gasteiger partial charge in [0.15, 0.2) is 12.6 Å². The number of nitrogens with two attached hydrogens (primary N) is 1. The van der Waals surface area contributed by atoms with Gasteiger partial charge in [-0.3, -0.25) is 9.79 Å². The van der Waals surface area contributed by atoms with E-state index < -0.39 is 5.91 Å². The number of aliphatic imine (C=N–C) groups is 1. The molecule has 2 aromatic rings. The molecule has 0 spiro atoms. The second-order valence-electron chi connectivity index (χ2n) is 5.60. The number of carbonyl (C=O) groups excluding carboxylic acids is 1. The van der Waals surface area contributed by atoms with Gasteiger partial charge in [0.1, 0.15) is 5.75 Å². The lowest BCUT2D eigenvalue weighted by atomic mass is 10.1. The van der Waals surface area contributed by atoms with E-state index in [4.69, 9.17) is 10.5 Å². The van der Waals surface area contributed by atoms with Gasteiger partial charge in [0.05, 0.1) is 6.04 Å². The summed E-state index contributed by atoms with van der Waals surface area (Å²) in [5.41, 5.74) is 7.29. The topological polar surface area (TPSA) is 88.7 Å². The first-order valence-electron chi connectivity index (χ1n) is 8.10. The number of benzene rings is 2. The molecule has 7 heteroatoms. The van der Waals surface area contributed by atoms with Crippen LogP contribution in [0, 0.1) is 0 Å². The first-order chi connectivity index (χ1) is 12.1. The Kier molecular flexibility index (Phi) is 9.50. The lowest BCUT2D eigenvalue weighted by Crippen LogP contribution is -2.38. The van der Waals surface area contributed by atoms with Gasteiger partial charge in [-0.05, 0) is 30.2 Å². The van der Waals surface area contributed by atoms with Crippen LogP contribution >= 0.6 is 24.0 Å². The fourth-order valence-corrected chi connectivity index (χ4v) is 2.31. The van der Waals surface area contributed by atoms with Crippen molar-refractivity contribution >= 4 is 35.8 Å². The van der Waals surface area contributed by atoms with Crippen LogP contribution in [-0.4, -0.2) is 25.5 Å². The molecule has 0 saturated carbocycles. The van der Waals surface area contributed by atoms with Crippen LogP contribution < -0.4 is 21.1 Å². The third-order valence-corrected chi connectivity index (χ3v) is 3.62. The smallest absolute Gasteiger partial charge is 0.255 e. The fraction of sp³-hybridized carbons (Fsp3) is 0.263. The lowest BCUT2D eigenvalue weighted by Gasteiger charge is -2.18. The Labute approximate surface area is 171 Å². The summed E-state index contributed by atoms with van der Waals surface area (Å²) in [4.78, 5) is 15.0. The largest absolute Gasteiger partial charge is 0.484 e. The number of rotatable bonds is 7. The van der Waals surface area contributed by atoms with Crippen LogP contribution in [0.15, 0.2) is 59.6 Å². The SMILES string of the molecule is CN=C(NCc1cccc(OCC(N)=O)c1)NC(C)c1ccccc1.I. The second-order valence-corrected chi connectivity index (χ2v) is 5.60. The van der Waals surface area contributed by atoms with Crippen molar-refractivity contribution in [2.24, 2.45) is 10.7 Å². The fourth-order valence-electron chi connectivity index (χ4n) is 2.31. The van der Waals surface area contributed by atoms with Gasteiger partial charge in [0.25, 0.3) is 5.91 Å². The molecule has 0 aliphatic carbocycles. The Morgan fingerprint density at radius 3 is 2.58 bits per heavy atom. The summed E-state index contributed by atoms with van der Waals surface area (Å²) in [6.45, 7) is 2.53. The maximum absolute atomic E-state index is 10.8. The summed E-state index contributed by atoms with van der Waals surface area (Å²) in [7, 11) is 1.74. The predicted molar refractivity (Wildman–Crippen MR) is 115 cm³/mol. The number of guanidine groups is 1. The van der Waals surface area contributed by atoms with E-state index in [1.54, 1.807) is 13.1 Å². The highest BCUT2D eigenvalue weighted by molar-refractivity contribution is 14.0. The molecule has 0 bridgehead atoms. The number of hydrogen-bond acceptors (Lipinski definition) is 3. The van der Waals surface area contributed by atoms with Crippen molar-refractivity contribution in [1.29, 1.82) is 0 Å². The maximum atomic E-state index is 10.8. The molecule has 6 nitrogen and oxygen atoms in total. The average Bonchev–Trinajstić information content (AvgIpc) is 2.64. The molecule has 2 rings (SSSR count). The zero-order valence-corrected chi connectivity index (χ0v) is 17.3. The van der Waals surface area contributed by atoms with Crippen LogP contribution in [0.5, 0.6) is 5.75 Å². The van der Waals surface area contributed by atoms with Crippen LogP contribution in [-0.2, 0) is 11.3 Å². The van der Waals surface area contributed by atoms with Crippen LogP contribution in [0.2, 0.25) is 0 Å². The van der Waals surface area contributed by atoms with Crippen LogP contribution in [0.25, 0.3) is 0 Å². The van der Waals surface area contributed by atoms with Gasteiger partial charge in [-0.15, -0.1) is 24.0 Å². The Balaban J connectivity index is 0.00000338. The number of nitrogens with zero attached hydrogens (tertiary/aromatic N) is 1. The van der Waals surface area contributed by atoms with E-state index in [1.807, 2.05) is 36.4 Å². The summed E-state index contributed by atoms with van der Waals surface area (Å²) < 4.78 is 5.32. The molecule has 4 N–H and O–H groups in total. The quantitative estimate of drug-likeness (QED) is 0.331. The molecule has 0 heterocycles. The molecule has 140 valence electrons. The highest BCUT2D eigenvalue weighted by atomic mass is 127. The van der Waals surface area contributed by atoms with Crippen molar-refractivity contribution < 1.29 is 9.53 Å². The molecule has 0 aromatic heterocycles. The summed E-state index contributed by atoms with van der Waals surface area (Å²) in [5.74, 6) is 0.821. The minimum absolute atomic E-state index is 0. The van der Waals surface area contributed by atoms with Crippen LogP contribution in [0.1, 0.15) is 24.1 Å². The van der Waals surface area contributed by atoms with Gasteiger partial charge in [0.2, 0.25) is 0 Å². The van der Waals surface area contributed by atoms with E-state index in [-0.39, 0.29) is 36.6 Å². The molecule has 0 fully saturated rings. The van der Waals surface area contributed by atoms with Crippen molar-refractivity contribution in [2.45, 2.75) is 19.5 Å². The normalized spacial score (nSPS) is 11.8. The predicted octanol–water partition coefficient (Wildman–Crippen LogP) is 2.59. The summed E-state index contributed by atoms with van der Waals surface area (Å²) >= 11 is 0. The number of primary amides is 1. The van der Waals surface area contributed by atoms with Crippen LogP contribution in [0.4, 0.5) is 0 Å². The number of carbonyl (C=O) groups is 1. The van der Waals surface area contributed by atoms with Crippen molar-refractivity contribution in [1.82, 2.24) is 10.6 Å². The first-order valence-corrected chi connectivity index (χ1v) is 8.10. The van der Waals surface area contributed by atoms with E-state index >= 15 is 0 Å². The van der Waals surface area contributed by atoms with Gasteiger partial charge in [-0.2, -0.15) is 0 Å². The Hall–Kier alpha value is -2.29. The van der Waals surface area contributed by atoms with E-state index in [0.717, 1.165) is 5.56 Å². The van der Waals surface area contributed by atoms with E-state index in [2.05, 4.69) is 34.7 Å². The number of halogens is 1. The molecular weight excluding hydrogens is 443 g/mol. The highest BCUT2D eigenvalue weighted by Gasteiger charge is 2.07. The van der Waals surface area contributed by atoms with Gasteiger partial charge in [0, 0.05) is 13.6 Å². The van der Waals surface area contributed by atoms with Gasteiger partial charge in [-0.25, -0.2) is 0 Å². The zero-order valence-electron chi connectivity index (χ0n) is 14.9. The van der Waals surface area contributed by atoms with Gasteiger partial charge < -0.3 is 21.1 Å². The molecule has 26 heavy (non-hydrogen) atoms. The maximum Gasteiger partial charge on any atom is 0.255 e. The van der Waals surface area contributed by atoms with Crippen molar-refractivity contribution in [3.05, 3.63) is 65.7 Å². The summed E-state index contributed by atoms with van der Waals surface area (Å²) in [6, 6.07) is 17.8. The molecule has 1 unspecified atom stereocenters. The number of amides is 1. The summed E-state index contributed by atoms with van der Waals surface area (Å²) in [6.07, 6.45) is 0. The minimum atomic E-state index is -0.497. The molecular formula is C19H25IN4O2. The third kappa shape index (κ3) is 7.30. The van der Waals surface area contributed by atoms with Gasteiger partial charge >= 0.3 is 0 Å². The van der Waals surface area contributed by atoms with E-state index in [9.17, 15) is 4.79 Å². The Morgan fingerprint density at radius 2 is 1.92 bits per heavy atom. The highest BCUT2D eigenvalue weighted by Crippen LogP contribution is 2.13. The Bertz CT molecular complexity index is 722. The van der Waals surface area contributed by atoms with Crippen molar-refractivity contribution in [2.75, 3.05) is 13.7 Å². The first kappa shape index (κ1) is 21.8. The van der Waals surface area contributed by atoms with Crippen molar-refractivity contribution in [3.8, 4) is 5.75 Å². The van der Waals surface area contributed by atoms with Crippen LogP contribution in [0.3, 0.4) is 0 Å². The summed E-state index contributed by atoms with van der Waals surface area (Å²) in [5, 5.41) is 6.62. The van der Waals surface area contributed by atoms with E-state index in [0.29, 0.717) is 18.3 Å². The Morgan fingerprint density at radius 1 is 1.19 bits per heavy atom. The second kappa shape index (κ2) is 11.3. The third-order valence-electron chi connectivity index (χ3n) is 3.62. The molecule has 0 radical (unpaired) electrons. The van der Waals surface area contributed by atoms with E-state index in [1.165, 1.54) is 5.56 Å². The van der Waals surface area contributed by atoms with Gasteiger partial charge in [-0.1, -0.05) is 42.5 Å². The average molecular weight is 468 g/mol.